The first-order chi connectivity index (χ1) is 4.34. The van der Waals surface area contributed by atoms with Crippen molar-refractivity contribution in [3.05, 3.63) is 0 Å². The van der Waals surface area contributed by atoms with Crippen LogP contribution in [0.1, 0.15) is 6.42 Å². The number of rotatable bonds is 0. The third-order valence-corrected chi connectivity index (χ3v) is 2.69. The average molecular weight is 142 g/mol. The van der Waals surface area contributed by atoms with Crippen LogP contribution in [0.5, 0.6) is 0 Å². The summed E-state index contributed by atoms with van der Waals surface area (Å²) in [5, 5.41) is 8.52. The van der Waals surface area contributed by atoms with Crippen LogP contribution in [0.2, 0.25) is 0 Å². The van der Waals surface area contributed by atoms with Crippen LogP contribution in [-0.2, 0) is 0 Å². The smallest absolute Gasteiger partial charge is 0.0705 e. The Hall–Kier alpha value is -0.200. The van der Waals surface area contributed by atoms with Gasteiger partial charge >= 0.3 is 0 Å². The van der Waals surface area contributed by atoms with Gasteiger partial charge in [0.1, 0.15) is 0 Å². The molecule has 0 saturated carbocycles. The van der Waals surface area contributed by atoms with Gasteiger partial charge in [0, 0.05) is 11.8 Å². The number of hydrogen-bond acceptors (Lipinski definition) is 3. The zero-order chi connectivity index (χ0) is 6.69. The largest absolute Gasteiger partial charge is 0.326 e. The first-order valence-corrected chi connectivity index (χ1v) is 4.23. The van der Waals surface area contributed by atoms with Crippen molar-refractivity contribution in [3.63, 3.8) is 0 Å². The Labute approximate surface area is 59.4 Å². The van der Waals surface area contributed by atoms with Gasteiger partial charge in [-0.2, -0.15) is 17.0 Å². The molecule has 0 aromatic rings. The van der Waals surface area contributed by atoms with E-state index >= 15 is 0 Å². The predicted molar refractivity (Wildman–Crippen MR) is 39.0 cm³/mol. The molecule has 9 heavy (non-hydrogen) atoms. The third-order valence-electron chi connectivity index (χ3n) is 1.58. The van der Waals surface area contributed by atoms with E-state index in [0.29, 0.717) is 0 Å². The van der Waals surface area contributed by atoms with Crippen molar-refractivity contribution in [2.24, 2.45) is 11.7 Å². The molecule has 0 amide bonds. The fourth-order valence-electron chi connectivity index (χ4n) is 0.888. The first kappa shape index (κ1) is 6.91. The lowest BCUT2D eigenvalue weighted by atomic mass is 10.0. The minimum atomic E-state index is 0.101. The van der Waals surface area contributed by atoms with Crippen molar-refractivity contribution >= 4 is 11.8 Å². The van der Waals surface area contributed by atoms with Gasteiger partial charge in [-0.3, -0.25) is 0 Å². The van der Waals surface area contributed by atoms with Crippen molar-refractivity contribution in [1.29, 1.82) is 5.26 Å². The van der Waals surface area contributed by atoms with Crippen LogP contribution in [0, 0.1) is 17.2 Å². The maximum Gasteiger partial charge on any atom is 0.0705 e. The van der Waals surface area contributed by atoms with Crippen LogP contribution in [0.3, 0.4) is 0 Å². The molecule has 2 nitrogen and oxygen atoms in total. The van der Waals surface area contributed by atoms with Gasteiger partial charge in [-0.1, -0.05) is 0 Å². The van der Waals surface area contributed by atoms with Crippen molar-refractivity contribution in [1.82, 2.24) is 0 Å². The Morgan fingerprint density at radius 2 is 2.44 bits per heavy atom. The Balaban J connectivity index is 2.41. The number of nitriles is 1. The average Bonchev–Trinajstić information content (AvgIpc) is 1.89. The molecule has 0 aliphatic carbocycles. The van der Waals surface area contributed by atoms with E-state index in [4.69, 9.17) is 11.0 Å². The Kier molecular flexibility index (Phi) is 2.38. The zero-order valence-electron chi connectivity index (χ0n) is 5.21. The summed E-state index contributed by atoms with van der Waals surface area (Å²) in [6.45, 7) is 0. The van der Waals surface area contributed by atoms with Crippen molar-refractivity contribution in [2.45, 2.75) is 12.5 Å². The molecule has 50 valence electrons. The lowest BCUT2D eigenvalue weighted by molar-refractivity contribution is 0.531. The number of hydrogen-bond donors (Lipinski definition) is 1. The first-order valence-electron chi connectivity index (χ1n) is 3.07. The van der Waals surface area contributed by atoms with E-state index in [1.165, 1.54) is 0 Å². The van der Waals surface area contributed by atoms with Crippen LogP contribution in [-0.4, -0.2) is 17.5 Å². The van der Waals surface area contributed by atoms with Crippen LogP contribution in [0.25, 0.3) is 0 Å². The van der Waals surface area contributed by atoms with E-state index in [2.05, 4.69) is 6.07 Å². The molecule has 1 aliphatic rings. The lowest BCUT2D eigenvalue weighted by Gasteiger charge is -2.21. The van der Waals surface area contributed by atoms with Gasteiger partial charge < -0.3 is 5.73 Å². The molecule has 0 bridgehead atoms. The van der Waals surface area contributed by atoms with Gasteiger partial charge in [0.15, 0.2) is 0 Å². The summed E-state index contributed by atoms with van der Waals surface area (Å²) in [6, 6.07) is 2.34. The number of nitrogens with zero attached hydrogens (tertiary/aromatic N) is 1. The van der Waals surface area contributed by atoms with E-state index in [9.17, 15) is 0 Å². The highest BCUT2D eigenvalue weighted by Gasteiger charge is 2.20. The molecule has 1 aliphatic heterocycles. The zero-order valence-corrected chi connectivity index (χ0v) is 6.03. The predicted octanol–water partition coefficient (Wildman–Crippen LogP) is 0.590. The lowest BCUT2D eigenvalue weighted by Crippen LogP contribution is -2.34. The van der Waals surface area contributed by atoms with E-state index in [1.807, 2.05) is 11.8 Å². The molecule has 0 aromatic carbocycles. The summed E-state index contributed by atoms with van der Waals surface area (Å²) in [7, 11) is 0. The van der Waals surface area contributed by atoms with Crippen molar-refractivity contribution < 1.29 is 0 Å². The van der Waals surface area contributed by atoms with E-state index in [0.717, 1.165) is 17.9 Å². The second-order valence-electron chi connectivity index (χ2n) is 2.26. The van der Waals surface area contributed by atoms with Crippen LogP contribution >= 0.6 is 11.8 Å². The number of thioether (sulfide) groups is 1. The number of nitrogens with two attached hydrogens (primary N) is 1. The Morgan fingerprint density at radius 1 is 1.67 bits per heavy atom. The summed E-state index contributed by atoms with van der Waals surface area (Å²) in [6.07, 6.45) is 1.00. The summed E-state index contributed by atoms with van der Waals surface area (Å²) in [5.74, 6) is 2.15. The van der Waals surface area contributed by atoms with E-state index in [-0.39, 0.29) is 12.0 Å². The molecular weight excluding hydrogens is 132 g/mol. The molecule has 2 N–H and O–H groups in total. The maximum absolute atomic E-state index is 8.52. The summed E-state index contributed by atoms with van der Waals surface area (Å²) >= 11 is 1.83. The highest BCUT2D eigenvalue weighted by atomic mass is 32.2. The fourth-order valence-corrected chi connectivity index (χ4v) is 2.07. The van der Waals surface area contributed by atoms with Crippen molar-refractivity contribution in [2.75, 3.05) is 11.5 Å². The quantitative estimate of drug-likeness (QED) is 0.538. The second kappa shape index (κ2) is 3.09. The van der Waals surface area contributed by atoms with Crippen molar-refractivity contribution in [3.8, 4) is 6.07 Å². The van der Waals surface area contributed by atoms with Gasteiger partial charge in [-0.05, 0) is 12.2 Å². The molecule has 3 heteroatoms. The second-order valence-corrected chi connectivity index (χ2v) is 3.41. The van der Waals surface area contributed by atoms with Crippen LogP contribution in [0.15, 0.2) is 0 Å². The SMILES string of the molecule is N#C[C@H]1CSCC[C@@H]1N. The van der Waals surface area contributed by atoms with Crippen LogP contribution in [0.4, 0.5) is 0 Å². The topological polar surface area (TPSA) is 49.8 Å². The minimum absolute atomic E-state index is 0.101. The summed E-state index contributed by atoms with van der Waals surface area (Å²) < 4.78 is 0. The van der Waals surface area contributed by atoms with E-state index in [1.54, 1.807) is 0 Å². The molecule has 1 fully saturated rings. The minimum Gasteiger partial charge on any atom is -0.326 e. The molecule has 1 saturated heterocycles. The fraction of sp³-hybridized carbons (Fsp3) is 0.833. The Morgan fingerprint density at radius 3 is 2.89 bits per heavy atom. The standard InChI is InChI=1S/C6H10N2S/c7-3-5-4-9-2-1-6(5)8/h5-6H,1-2,4,8H2/t5-,6-/m0/s1. The highest BCUT2D eigenvalue weighted by Crippen LogP contribution is 2.20. The monoisotopic (exact) mass is 142 g/mol. The molecule has 0 aromatic heterocycles. The van der Waals surface area contributed by atoms with Gasteiger partial charge in [0.05, 0.1) is 12.0 Å². The van der Waals surface area contributed by atoms with Crippen LogP contribution < -0.4 is 5.73 Å². The molecule has 0 spiro atoms. The molecule has 2 atom stereocenters. The summed E-state index contributed by atoms with van der Waals surface area (Å²) in [4.78, 5) is 0. The molecular formula is C6H10N2S. The third kappa shape index (κ3) is 1.60. The van der Waals surface area contributed by atoms with Gasteiger partial charge in [-0.25, -0.2) is 0 Å². The Bertz CT molecular complexity index is 130. The molecule has 0 unspecified atom stereocenters. The molecule has 1 rings (SSSR count). The maximum atomic E-state index is 8.52. The van der Waals surface area contributed by atoms with E-state index < -0.39 is 0 Å². The van der Waals surface area contributed by atoms with Gasteiger partial charge in [-0.15, -0.1) is 0 Å². The highest BCUT2D eigenvalue weighted by molar-refractivity contribution is 7.99. The summed E-state index contributed by atoms with van der Waals surface area (Å²) in [5.41, 5.74) is 5.65. The molecule has 0 radical (unpaired) electrons. The van der Waals surface area contributed by atoms with Gasteiger partial charge in [0.2, 0.25) is 0 Å². The van der Waals surface area contributed by atoms with Gasteiger partial charge in [0.25, 0.3) is 0 Å². The molecule has 1 heterocycles. The normalized spacial score (nSPS) is 35.6.